The minimum Gasteiger partial charge on any atom is -0.346 e. The molecule has 8 heteroatoms. The van der Waals surface area contributed by atoms with E-state index in [0.717, 1.165) is 17.7 Å². The van der Waals surface area contributed by atoms with E-state index in [9.17, 15) is 14.4 Å². The lowest BCUT2D eigenvalue weighted by atomic mass is 10.1. The SMILES string of the molecule is Cl.NCC(=O)NCC(=O)Nc1ccc(CC(=O)N2CCc3ccccc32)cc1. The third-order valence-electron chi connectivity index (χ3n) is 4.41. The van der Waals surface area contributed by atoms with Crippen molar-refractivity contribution in [1.82, 2.24) is 5.32 Å². The summed E-state index contributed by atoms with van der Waals surface area (Å²) in [4.78, 5) is 37.3. The number of anilines is 2. The molecule has 0 aromatic heterocycles. The standard InChI is InChI=1S/C20H22N4O3.ClH/c21-12-18(25)22-13-19(26)23-16-7-5-14(6-8-16)11-20(27)24-10-9-15-3-1-2-4-17(15)24;/h1-8H,9-13,21H2,(H,22,25)(H,23,26);1H. The van der Waals surface area contributed by atoms with Gasteiger partial charge in [-0.1, -0.05) is 30.3 Å². The number of rotatable bonds is 6. The first-order chi connectivity index (χ1) is 13.1. The number of fused-ring (bicyclic) bond motifs is 1. The largest absolute Gasteiger partial charge is 0.346 e. The molecule has 7 nitrogen and oxygen atoms in total. The maximum absolute atomic E-state index is 12.6. The monoisotopic (exact) mass is 402 g/mol. The zero-order valence-electron chi connectivity index (χ0n) is 15.3. The van der Waals surface area contributed by atoms with Crippen LogP contribution in [-0.2, 0) is 27.2 Å². The van der Waals surface area contributed by atoms with Crippen LogP contribution >= 0.6 is 12.4 Å². The van der Waals surface area contributed by atoms with Crippen LogP contribution in [0.4, 0.5) is 11.4 Å². The van der Waals surface area contributed by atoms with Gasteiger partial charge in [0.2, 0.25) is 17.7 Å². The highest BCUT2D eigenvalue weighted by molar-refractivity contribution is 5.97. The first kappa shape index (κ1) is 21.4. The number of hydrogen-bond acceptors (Lipinski definition) is 4. The van der Waals surface area contributed by atoms with Crippen molar-refractivity contribution < 1.29 is 14.4 Å². The molecule has 0 fully saturated rings. The summed E-state index contributed by atoms with van der Waals surface area (Å²) in [6, 6.07) is 15.1. The average Bonchev–Trinajstić information content (AvgIpc) is 3.12. The summed E-state index contributed by atoms with van der Waals surface area (Å²) in [5.41, 5.74) is 8.83. The van der Waals surface area contributed by atoms with Gasteiger partial charge in [0.1, 0.15) is 0 Å². The Morgan fingerprint density at radius 3 is 2.43 bits per heavy atom. The van der Waals surface area contributed by atoms with Crippen molar-refractivity contribution in [3.8, 4) is 0 Å². The fourth-order valence-corrected chi connectivity index (χ4v) is 3.03. The van der Waals surface area contributed by atoms with Crippen molar-refractivity contribution in [3.63, 3.8) is 0 Å². The Morgan fingerprint density at radius 2 is 1.71 bits per heavy atom. The fraction of sp³-hybridized carbons (Fsp3) is 0.250. The number of para-hydroxylation sites is 1. The third-order valence-corrected chi connectivity index (χ3v) is 4.41. The van der Waals surface area contributed by atoms with Crippen LogP contribution in [0.25, 0.3) is 0 Å². The number of carbonyl (C=O) groups is 3. The summed E-state index contributed by atoms with van der Waals surface area (Å²) in [5.74, 6) is -0.668. The number of benzene rings is 2. The molecule has 0 saturated heterocycles. The Bertz CT molecular complexity index is 855. The Hall–Kier alpha value is -2.90. The molecule has 0 radical (unpaired) electrons. The van der Waals surface area contributed by atoms with E-state index in [1.165, 1.54) is 5.56 Å². The fourth-order valence-electron chi connectivity index (χ4n) is 3.03. The first-order valence-electron chi connectivity index (χ1n) is 8.80. The van der Waals surface area contributed by atoms with Crippen molar-refractivity contribution in [1.29, 1.82) is 0 Å². The lowest BCUT2D eigenvalue weighted by Gasteiger charge is -2.17. The molecule has 0 unspecified atom stereocenters. The van der Waals surface area contributed by atoms with Crippen LogP contribution < -0.4 is 21.3 Å². The lowest BCUT2D eigenvalue weighted by Crippen LogP contribution is -2.36. The van der Waals surface area contributed by atoms with Crippen LogP contribution in [0.2, 0.25) is 0 Å². The number of nitrogens with two attached hydrogens (primary N) is 1. The number of nitrogens with zero attached hydrogens (tertiary/aromatic N) is 1. The Balaban J connectivity index is 0.00000280. The van der Waals surface area contributed by atoms with E-state index in [0.29, 0.717) is 18.7 Å². The van der Waals surface area contributed by atoms with Crippen molar-refractivity contribution in [2.45, 2.75) is 12.8 Å². The third kappa shape index (κ3) is 5.31. The van der Waals surface area contributed by atoms with E-state index >= 15 is 0 Å². The molecule has 28 heavy (non-hydrogen) atoms. The molecule has 0 atom stereocenters. The quantitative estimate of drug-likeness (QED) is 0.676. The second kappa shape index (κ2) is 9.87. The Kier molecular flexibility index (Phi) is 7.54. The van der Waals surface area contributed by atoms with Crippen LogP contribution in [-0.4, -0.2) is 37.4 Å². The van der Waals surface area contributed by atoms with Gasteiger partial charge in [-0.15, -0.1) is 12.4 Å². The van der Waals surface area contributed by atoms with E-state index in [1.807, 2.05) is 35.2 Å². The van der Waals surface area contributed by atoms with Crippen LogP contribution in [0, 0.1) is 0 Å². The van der Waals surface area contributed by atoms with E-state index in [2.05, 4.69) is 16.7 Å². The van der Waals surface area contributed by atoms with E-state index in [4.69, 9.17) is 5.73 Å². The van der Waals surface area contributed by atoms with Crippen LogP contribution in [0.15, 0.2) is 48.5 Å². The van der Waals surface area contributed by atoms with Gasteiger partial charge in [-0.05, 0) is 35.7 Å². The molecule has 1 aliphatic rings. The van der Waals surface area contributed by atoms with Gasteiger partial charge in [0.15, 0.2) is 0 Å². The summed E-state index contributed by atoms with van der Waals surface area (Å²) in [5, 5.41) is 5.08. The smallest absolute Gasteiger partial charge is 0.243 e. The summed E-state index contributed by atoms with van der Waals surface area (Å²) < 4.78 is 0. The number of hydrogen-bond donors (Lipinski definition) is 3. The second-order valence-electron chi connectivity index (χ2n) is 6.33. The van der Waals surface area contributed by atoms with Gasteiger partial charge < -0.3 is 21.3 Å². The minimum absolute atomic E-state index is 0. The van der Waals surface area contributed by atoms with Gasteiger partial charge >= 0.3 is 0 Å². The Labute approximate surface area is 169 Å². The van der Waals surface area contributed by atoms with Gasteiger partial charge in [-0.3, -0.25) is 14.4 Å². The lowest BCUT2D eigenvalue weighted by molar-refractivity contribution is -0.123. The second-order valence-corrected chi connectivity index (χ2v) is 6.33. The van der Waals surface area contributed by atoms with Crippen molar-refractivity contribution in [2.24, 2.45) is 5.73 Å². The molecule has 1 heterocycles. The molecule has 148 valence electrons. The number of amides is 3. The normalized spacial score (nSPS) is 12.0. The first-order valence-corrected chi connectivity index (χ1v) is 8.80. The molecule has 1 aliphatic heterocycles. The van der Waals surface area contributed by atoms with Crippen molar-refractivity contribution in [2.75, 3.05) is 29.9 Å². The number of halogens is 1. The van der Waals surface area contributed by atoms with Crippen LogP contribution in [0.3, 0.4) is 0 Å². The molecular weight excluding hydrogens is 380 g/mol. The summed E-state index contributed by atoms with van der Waals surface area (Å²) in [6.45, 7) is 0.420. The van der Waals surface area contributed by atoms with E-state index in [-0.39, 0.29) is 43.2 Å². The van der Waals surface area contributed by atoms with Gasteiger partial charge in [-0.25, -0.2) is 0 Å². The predicted molar refractivity (Wildman–Crippen MR) is 111 cm³/mol. The molecule has 0 aliphatic carbocycles. The number of nitrogens with one attached hydrogen (secondary N) is 2. The minimum atomic E-state index is -0.387. The highest BCUT2D eigenvalue weighted by Gasteiger charge is 2.23. The highest BCUT2D eigenvalue weighted by atomic mass is 35.5. The maximum atomic E-state index is 12.6. The Morgan fingerprint density at radius 1 is 1.00 bits per heavy atom. The topological polar surface area (TPSA) is 105 Å². The highest BCUT2D eigenvalue weighted by Crippen LogP contribution is 2.28. The summed E-state index contributed by atoms with van der Waals surface area (Å²) >= 11 is 0. The van der Waals surface area contributed by atoms with Crippen LogP contribution in [0.5, 0.6) is 0 Å². The van der Waals surface area contributed by atoms with Gasteiger partial charge in [-0.2, -0.15) is 0 Å². The molecular formula is C20H23ClN4O3. The zero-order chi connectivity index (χ0) is 19.2. The van der Waals surface area contributed by atoms with Gasteiger partial charge in [0, 0.05) is 17.9 Å². The van der Waals surface area contributed by atoms with Gasteiger partial charge in [0.05, 0.1) is 19.5 Å². The predicted octanol–water partition coefficient (Wildman–Crippen LogP) is 1.25. The molecule has 2 aromatic carbocycles. The molecule has 2 aromatic rings. The average molecular weight is 403 g/mol. The molecule has 0 saturated carbocycles. The van der Waals surface area contributed by atoms with Crippen molar-refractivity contribution >= 4 is 41.5 Å². The van der Waals surface area contributed by atoms with E-state index < -0.39 is 0 Å². The molecule has 0 bridgehead atoms. The van der Waals surface area contributed by atoms with Crippen molar-refractivity contribution in [3.05, 3.63) is 59.7 Å². The van der Waals surface area contributed by atoms with Gasteiger partial charge in [0.25, 0.3) is 0 Å². The number of carbonyl (C=O) groups excluding carboxylic acids is 3. The molecule has 3 amide bonds. The molecule has 0 spiro atoms. The maximum Gasteiger partial charge on any atom is 0.243 e. The van der Waals surface area contributed by atoms with Crippen LogP contribution in [0.1, 0.15) is 11.1 Å². The summed E-state index contributed by atoms with van der Waals surface area (Å²) in [6.07, 6.45) is 1.18. The zero-order valence-corrected chi connectivity index (χ0v) is 16.1. The molecule has 4 N–H and O–H groups in total. The van der Waals surface area contributed by atoms with E-state index in [1.54, 1.807) is 12.1 Å². The molecule has 3 rings (SSSR count). The summed E-state index contributed by atoms with van der Waals surface area (Å²) in [7, 11) is 0.